The average Bonchev–Trinajstić information content (AvgIpc) is 2.91. The van der Waals surface area contributed by atoms with E-state index in [-0.39, 0.29) is 5.82 Å². The fourth-order valence-electron chi connectivity index (χ4n) is 3.31. The first-order chi connectivity index (χ1) is 11.8. The molecule has 0 N–H and O–H groups in total. The molecule has 24 heavy (non-hydrogen) atoms. The van der Waals surface area contributed by atoms with Crippen molar-refractivity contribution in [2.24, 2.45) is 0 Å². The second-order valence-electron chi connectivity index (χ2n) is 6.30. The van der Waals surface area contributed by atoms with Crippen molar-refractivity contribution in [2.45, 2.75) is 25.7 Å². The molecule has 0 spiro atoms. The number of para-hydroxylation sites is 1. The van der Waals surface area contributed by atoms with Gasteiger partial charge in [-0.3, -0.25) is 0 Å². The Hall–Kier alpha value is -2.49. The van der Waals surface area contributed by atoms with Crippen LogP contribution in [0.1, 0.15) is 25.7 Å². The molecule has 2 aromatic carbocycles. The van der Waals surface area contributed by atoms with Crippen molar-refractivity contribution in [3.63, 3.8) is 0 Å². The van der Waals surface area contributed by atoms with Crippen molar-refractivity contribution in [3.05, 3.63) is 54.3 Å². The number of hydrogen-bond donors (Lipinski definition) is 0. The fourth-order valence-corrected chi connectivity index (χ4v) is 3.31. The summed E-state index contributed by atoms with van der Waals surface area (Å²) in [7, 11) is 0. The Morgan fingerprint density at radius 3 is 2.25 bits per heavy atom. The van der Waals surface area contributed by atoms with Crippen LogP contribution in [-0.4, -0.2) is 23.1 Å². The Morgan fingerprint density at radius 2 is 1.50 bits per heavy atom. The smallest absolute Gasteiger partial charge is 0.162 e. The molecule has 0 unspecified atom stereocenters. The van der Waals surface area contributed by atoms with Crippen molar-refractivity contribution >= 4 is 16.7 Å². The molecule has 0 bridgehead atoms. The van der Waals surface area contributed by atoms with Gasteiger partial charge in [-0.2, -0.15) is 0 Å². The van der Waals surface area contributed by atoms with Crippen molar-refractivity contribution in [1.29, 1.82) is 0 Å². The second-order valence-corrected chi connectivity index (χ2v) is 6.30. The lowest BCUT2D eigenvalue weighted by molar-refractivity contribution is 0.628. The van der Waals surface area contributed by atoms with Crippen LogP contribution >= 0.6 is 0 Å². The van der Waals surface area contributed by atoms with E-state index in [0.29, 0.717) is 5.82 Å². The van der Waals surface area contributed by atoms with Crippen LogP contribution in [0.3, 0.4) is 0 Å². The number of nitrogens with zero attached hydrogens (tertiary/aromatic N) is 3. The lowest BCUT2D eigenvalue weighted by Crippen LogP contribution is -2.25. The predicted molar refractivity (Wildman–Crippen MR) is 95.6 cm³/mol. The molecule has 4 heteroatoms. The van der Waals surface area contributed by atoms with E-state index in [1.165, 1.54) is 37.8 Å². The lowest BCUT2D eigenvalue weighted by atomic mass is 10.1. The van der Waals surface area contributed by atoms with Gasteiger partial charge >= 0.3 is 0 Å². The molecule has 1 aliphatic rings. The normalized spacial score (nSPS) is 15.5. The zero-order valence-electron chi connectivity index (χ0n) is 13.6. The molecular weight excluding hydrogens is 301 g/mol. The summed E-state index contributed by atoms with van der Waals surface area (Å²) >= 11 is 0. The van der Waals surface area contributed by atoms with E-state index in [4.69, 9.17) is 9.97 Å². The van der Waals surface area contributed by atoms with Crippen LogP contribution in [0, 0.1) is 5.82 Å². The van der Waals surface area contributed by atoms with Gasteiger partial charge in [-0.25, -0.2) is 14.4 Å². The standard InChI is InChI=1S/C20H20FN3/c21-16-11-9-15(10-12-16)19-22-18-8-4-3-7-17(18)20(23-19)24-13-5-1-2-6-14-24/h3-4,7-12H,1-2,5-6,13-14H2. The van der Waals surface area contributed by atoms with E-state index in [1.54, 1.807) is 12.1 Å². The van der Waals surface area contributed by atoms with Gasteiger partial charge in [0.15, 0.2) is 5.82 Å². The molecular formula is C20H20FN3. The van der Waals surface area contributed by atoms with Gasteiger partial charge < -0.3 is 4.90 Å². The van der Waals surface area contributed by atoms with Crippen LogP contribution < -0.4 is 4.90 Å². The van der Waals surface area contributed by atoms with Gasteiger partial charge in [0.2, 0.25) is 0 Å². The molecule has 0 atom stereocenters. The van der Waals surface area contributed by atoms with Crippen molar-refractivity contribution in [3.8, 4) is 11.4 Å². The van der Waals surface area contributed by atoms with Gasteiger partial charge in [0.05, 0.1) is 5.52 Å². The third-order valence-electron chi connectivity index (χ3n) is 4.59. The topological polar surface area (TPSA) is 29.0 Å². The quantitative estimate of drug-likeness (QED) is 0.678. The van der Waals surface area contributed by atoms with Crippen LogP contribution in [0.2, 0.25) is 0 Å². The maximum Gasteiger partial charge on any atom is 0.162 e. The zero-order chi connectivity index (χ0) is 16.4. The Morgan fingerprint density at radius 1 is 0.792 bits per heavy atom. The average molecular weight is 321 g/mol. The molecule has 3 aromatic rings. The molecule has 0 radical (unpaired) electrons. The largest absolute Gasteiger partial charge is 0.356 e. The summed E-state index contributed by atoms with van der Waals surface area (Å²) in [4.78, 5) is 11.9. The Kier molecular flexibility index (Phi) is 4.11. The number of anilines is 1. The minimum Gasteiger partial charge on any atom is -0.356 e. The van der Waals surface area contributed by atoms with Gasteiger partial charge in [-0.05, 0) is 49.2 Å². The first-order valence-corrected chi connectivity index (χ1v) is 8.59. The molecule has 122 valence electrons. The number of fused-ring (bicyclic) bond motifs is 1. The molecule has 1 aromatic heterocycles. The maximum atomic E-state index is 13.2. The van der Waals surface area contributed by atoms with Gasteiger partial charge in [0.25, 0.3) is 0 Å². The fraction of sp³-hybridized carbons (Fsp3) is 0.300. The monoisotopic (exact) mass is 321 g/mol. The lowest BCUT2D eigenvalue weighted by Gasteiger charge is -2.23. The third kappa shape index (κ3) is 2.96. The molecule has 0 amide bonds. The molecule has 1 aliphatic heterocycles. The summed E-state index contributed by atoms with van der Waals surface area (Å²) in [6.07, 6.45) is 4.96. The molecule has 0 saturated carbocycles. The highest BCUT2D eigenvalue weighted by Gasteiger charge is 2.16. The van der Waals surface area contributed by atoms with E-state index in [2.05, 4.69) is 11.0 Å². The first-order valence-electron chi connectivity index (χ1n) is 8.59. The summed E-state index contributed by atoms with van der Waals surface area (Å²) in [5.41, 5.74) is 1.78. The van der Waals surface area contributed by atoms with Crippen molar-refractivity contribution in [2.75, 3.05) is 18.0 Å². The first kappa shape index (κ1) is 15.1. The number of hydrogen-bond acceptors (Lipinski definition) is 3. The SMILES string of the molecule is Fc1ccc(-c2nc(N3CCCCCC3)c3ccccc3n2)cc1. The molecule has 1 fully saturated rings. The number of halogens is 1. The molecule has 0 aliphatic carbocycles. The number of rotatable bonds is 2. The third-order valence-corrected chi connectivity index (χ3v) is 4.59. The van der Waals surface area contributed by atoms with Gasteiger partial charge in [-0.15, -0.1) is 0 Å². The summed E-state index contributed by atoms with van der Waals surface area (Å²) in [6, 6.07) is 14.5. The van der Waals surface area contributed by atoms with Crippen LogP contribution in [0.15, 0.2) is 48.5 Å². The van der Waals surface area contributed by atoms with E-state index in [1.807, 2.05) is 18.2 Å². The van der Waals surface area contributed by atoms with Crippen molar-refractivity contribution < 1.29 is 4.39 Å². The van der Waals surface area contributed by atoms with Crippen LogP contribution in [0.4, 0.5) is 10.2 Å². The number of aromatic nitrogens is 2. The molecule has 4 rings (SSSR count). The van der Waals surface area contributed by atoms with E-state index >= 15 is 0 Å². The van der Waals surface area contributed by atoms with Gasteiger partial charge in [0.1, 0.15) is 11.6 Å². The highest BCUT2D eigenvalue weighted by atomic mass is 19.1. The van der Waals surface area contributed by atoms with E-state index in [9.17, 15) is 4.39 Å². The Bertz CT molecular complexity index is 837. The Balaban J connectivity index is 1.85. The highest BCUT2D eigenvalue weighted by Crippen LogP contribution is 2.29. The van der Waals surface area contributed by atoms with Crippen LogP contribution in [0.5, 0.6) is 0 Å². The summed E-state index contributed by atoms with van der Waals surface area (Å²) in [5, 5.41) is 1.09. The van der Waals surface area contributed by atoms with E-state index < -0.39 is 0 Å². The zero-order valence-corrected chi connectivity index (χ0v) is 13.6. The van der Waals surface area contributed by atoms with Crippen LogP contribution in [0.25, 0.3) is 22.3 Å². The predicted octanol–water partition coefficient (Wildman–Crippen LogP) is 4.82. The molecule has 2 heterocycles. The van der Waals surface area contributed by atoms with E-state index in [0.717, 1.165) is 35.4 Å². The van der Waals surface area contributed by atoms with Gasteiger partial charge in [0, 0.05) is 24.0 Å². The van der Waals surface area contributed by atoms with Crippen molar-refractivity contribution in [1.82, 2.24) is 9.97 Å². The minimum absolute atomic E-state index is 0.243. The summed E-state index contributed by atoms with van der Waals surface area (Å²) < 4.78 is 13.2. The van der Waals surface area contributed by atoms with Crippen LogP contribution in [-0.2, 0) is 0 Å². The van der Waals surface area contributed by atoms with Gasteiger partial charge in [-0.1, -0.05) is 25.0 Å². The summed E-state index contributed by atoms with van der Waals surface area (Å²) in [5.74, 6) is 1.42. The Labute approximate surface area is 141 Å². The number of benzene rings is 2. The maximum absolute atomic E-state index is 13.2. The highest BCUT2D eigenvalue weighted by molar-refractivity contribution is 5.91. The molecule has 3 nitrogen and oxygen atoms in total. The molecule has 1 saturated heterocycles. The summed E-state index contributed by atoms with van der Waals surface area (Å²) in [6.45, 7) is 2.06. The minimum atomic E-state index is -0.243. The second kappa shape index (κ2) is 6.56.